The van der Waals surface area contributed by atoms with Crippen molar-refractivity contribution >= 4 is 18.3 Å². The molecule has 1 rings (SSSR count). The molecule has 0 bridgehead atoms. The fraction of sp³-hybridized carbons (Fsp3) is 0.875. The number of halogens is 1. The summed E-state index contributed by atoms with van der Waals surface area (Å²) in [4.78, 5) is 12.8. The standard InChI is InChI=1S/C8H16N2O.ClH/c1-7(11)10(2)8-4-3-5-9-6-8;/h8-9H,3-6H2,1-2H3;1H. The van der Waals surface area contributed by atoms with E-state index in [1.807, 2.05) is 11.9 Å². The van der Waals surface area contributed by atoms with Crippen LogP contribution in [-0.2, 0) is 4.79 Å². The molecule has 1 amide bonds. The minimum absolute atomic E-state index is 0. The van der Waals surface area contributed by atoms with E-state index in [1.54, 1.807) is 6.92 Å². The molecule has 0 aromatic rings. The van der Waals surface area contributed by atoms with E-state index in [1.165, 1.54) is 6.42 Å². The summed E-state index contributed by atoms with van der Waals surface area (Å²) in [7, 11) is 1.88. The van der Waals surface area contributed by atoms with Gasteiger partial charge < -0.3 is 10.2 Å². The van der Waals surface area contributed by atoms with Gasteiger partial charge in [-0.05, 0) is 19.4 Å². The number of hydrogen-bond donors (Lipinski definition) is 1. The highest BCUT2D eigenvalue weighted by Crippen LogP contribution is 2.07. The summed E-state index contributed by atoms with van der Waals surface area (Å²) >= 11 is 0. The van der Waals surface area contributed by atoms with Crippen molar-refractivity contribution in [2.24, 2.45) is 0 Å². The molecular weight excluding hydrogens is 176 g/mol. The number of amides is 1. The van der Waals surface area contributed by atoms with E-state index in [0.717, 1.165) is 19.5 Å². The molecular formula is C8H17ClN2O. The van der Waals surface area contributed by atoms with Crippen molar-refractivity contribution < 1.29 is 4.79 Å². The third kappa shape index (κ3) is 2.99. The first-order chi connectivity index (χ1) is 5.22. The number of nitrogens with one attached hydrogen (secondary N) is 1. The number of rotatable bonds is 1. The van der Waals surface area contributed by atoms with Gasteiger partial charge in [-0.2, -0.15) is 0 Å². The van der Waals surface area contributed by atoms with Crippen LogP contribution in [0.4, 0.5) is 0 Å². The maximum absolute atomic E-state index is 10.9. The van der Waals surface area contributed by atoms with Gasteiger partial charge >= 0.3 is 0 Å². The van der Waals surface area contributed by atoms with E-state index < -0.39 is 0 Å². The molecule has 1 fully saturated rings. The number of nitrogens with zero attached hydrogens (tertiary/aromatic N) is 1. The fourth-order valence-corrected chi connectivity index (χ4v) is 1.42. The number of piperidine rings is 1. The Kier molecular flexibility index (Phi) is 5.25. The van der Waals surface area contributed by atoms with E-state index in [-0.39, 0.29) is 18.3 Å². The smallest absolute Gasteiger partial charge is 0.219 e. The molecule has 3 nitrogen and oxygen atoms in total. The predicted octanol–water partition coefficient (Wildman–Crippen LogP) is 0.638. The largest absolute Gasteiger partial charge is 0.342 e. The Bertz CT molecular complexity index is 146. The van der Waals surface area contributed by atoms with Crippen molar-refractivity contribution in [3.05, 3.63) is 0 Å². The molecule has 12 heavy (non-hydrogen) atoms. The van der Waals surface area contributed by atoms with Gasteiger partial charge in [-0.1, -0.05) is 0 Å². The summed E-state index contributed by atoms with van der Waals surface area (Å²) in [5.74, 6) is 0.165. The molecule has 0 radical (unpaired) electrons. The summed E-state index contributed by atoms with van der Waals surface area (Å²) in [6.45, 7) is 3.67. The number of carbonyl (C=O) groups excluding carboxylic acids is 1. The SMILES string of the molecule is CC(=O)N(C)C1CCCNC1.Cl. The lowest BCUT2D eigenvalue weighted by Crippen LogP contribution is -2.45. The van der Waals surface area contributed by atoms with Crippen molar-refractivity contribution in [1.29, 1.82) is 0 Å². The Balaban J connectivity index is 0.00000121. The Morgan fingerprint density at radius 3 is 2.67 bits per heavy atom. The highest BCUT2D eigenvalue weighted by atomic mass is 35.5. The van der Waals surface area contributed by atoms with E-state index >= 15 is 0 Å². The van der Waals surface area contributed by atoms with E-state index in [2.05, 4.69) is 5.32 Å². The van der Waals surface area contributed by atoms with Gasteiger partial charge in [-0.15, -0.1) is 12.4 Å². The molecule has 0 aromatic carbocycles. The summed E-state index contributed by atoms with van der Waals surface area (Å²) in [6.07, 6.45) is 2.32. The van der Waals surface area contributed by atoms with Gasteiger partial charge in [0, 0.05) is 26.6 Å². The van der Waals surface area contributed by atoms with Crippen molar-refractivity contribution in [2.75, 3.05) is 20.1 Å². The average Bonchev–Trinajstić information content (AvgIpc) is 2.05. The maximum Gasteiger partial charge on any atom is 0.219 e. The van der Waals surface area contributed by atoms with E-state index in [0.29, 0.717) is 6.04 Å². The second-order valence-corrected chi connectivity index (χ2v) is 3.13. The Hall–Kier alpha value is -0.280. The first-order valence-electron chi connectivity index (χ1n) is 4.16. The zero-order valence-electron chi connectivity index (χ0n) is 7.67. The minimum Gasteiger partial charge on any atom is -0.342 e. The molecule has 72 valence electrons. The highest BCUT2D eigenvalue weighted by molar-refractivity contribution is 5.85. The summed E-state index contributed by atoms with van der Waals surface area (Å²) in [5, 5.41) is 3.28. The number of carbonyl (C=O) groups is 1. The van der Waals surface area contributed by atoms with Crippen molar-refractivity contribution in [3.8, 4) is 0 Å². The normalized spacial score (nSPS) is 22.7. The Morgan fingerprint density at radius 2 is 2.25 bits per heavy atom. The molecule has 4 heteroatoms. The van der Waals surface area contributed by atoms with Crippen LogP contribution in [-0.4, -0.2) is 37.0 Å². The second kappa shape index (κ2) is 5.38. The number of likely N-dealkylation sites (N-methyl/N-ethyl adjacent to an activating group) is 1. The average molecular weight is 193 g/mol. The summed E-state index contributed by atoms with van der Waals surface area (Å²) < 4.78 is 0. The van der Waals surface area contributed by atoms with Gasteiger partial charge in [-0.3, -0.25) is 4.79 Å². The lowest BCUT2D eigenvalue weighted by atomic mass is 10.1. The quantitative estimate of drug-likeness (QED) is 0.662. The molecule has 1 saturated heterocycles. The highest BCUT2D eigenvalue weighted by Gasteiger charge is 2.18. The van der Waals surface area contributed by atoms with Crippen LogP contribution < -0.4 is 5.32 Å². The van der Waals surface area contributed by atoms with Crippen LogP contribution >= 0.6 is 12.4 Å². The minimum atomic E-state index is 0. The van der Waals surface area contributed by atoms with E-state index in [4.69, 9.17) is 0 Å². The van der Waals surface area contributed by atoms with E-state index in [9.17, 15) is 4.79 Å². The molecule has 0 aliphatic carbocycles. The fourth-order valence-electron chi connectivity index (χ4n) is 1.42. The molecule has 1 heterocycles. The monoisotopic (exact) mass is 192 g/mol. The van der Waals surface area contributed by atoms with Crippen LogP contribution in [0.5, 0.6) is 0 Å². The molecule has 1 aliphatic heterocycles. The van der Waals surface area contributed by atoms with Gasteiger partial charge in [0.1, 0.15) is 0 Å². The maximum atomic E-state index is 10.9. The van der Waals surface area contributed by atoms with Crippen LogP contribution in [0.15, 0.2) is 0 Å². The zero-order valence-corrected chi connectivity index (χ0v) is 8.49. The Morgan fingerprint density at radius 1 is 1.58 bits per heavy atom. The first-order valence-corrected chi connectivity index (χ1v) is 4.16. The first kappa shape index (κ1) is 11.7. The number of hydrogen-bond acceptors (Lipinski definition) is 2. The molecule has 1 atom stereocenters. The van der Waals surface area contributed by atoms with Crippen molar-refractivity contribution in [2.45, 2.75) is 25.8 Å². The van der Waals surface area contributed by atoms with Gasteiger partial charge in [0.15, 0.2) is 0 Å². The lowest BCUT2D eigenvalue weighted by Gasteiger charge is -2.30. The molecule has 1 N–H and O–H groups in total. The summed E-state index contributed by atoms with van der Waals surface area (Å²) in [5.41, 5.74) is 0. The van der Waals surface area contributed by atoms with Gasteiger partial charge in [0.05, 0.1) is 0 Å². The zero-order chi connectivity index (χ0) is 8.27. The van der Waals surface area contributed by atoms with Gasteiger partial charge in [0.25, 0.3) is 0 Å². The lowest BCUT2D eigenvalue weighted by molar-refractivity contribution is -0.129. The molecule has 1 aliphatic rings. The predicted molar refractivity (Wildman–Crippen MR) is 51.6 cm³/mol. The van der Waals surface area contributed by atoms with Crippen LogP contribution in [0, 0.1) is 0 Å². The van der Waals surface area contributed by atoms with Crippen LogP contribution in [0.25, 0.3) is 0 Å². The molecule has 0 aromatic heterocycles. The van der Waals surface area contributed by atoms with Crippen LogP contribution in [0.3, 0.4) is 0 Å². The molecule has 0 saturated carbocycles. The van der Waals surface area contributed by atoms with Gasteiger partial charge in [-0.25, -0.2) is 0 Å². The van der Waals surface area contributed by atoms with Crippen LogP contribution in [0.1, 0.15) is 19.8 Å². The third-order valence-corrected chi connectivity index (χ3v) is 2.32. The Labute approximate surface area is 79.9 Å². The molecule has 0 spiro atoms. The van der Waals surface area contributed by atoms with Crippen LogP contribution in [0.2, 0.25) is 0 Å². The second-order valence-electron chi connectivity index (χ2n) is 3.13. The van der Waals surface area contributed by atoms with Crippen molar-refractivity contribution in [3.63, 3.8) is 0 Å². The summed E-state index contributed by atoms with van der Waals surface area (Å²) in [6, 6.07) is 0.418. The van der Waals surface area contributed by atoms with Gasteiger partial charge in [0.2, 0.25) is 5.91 Å². The van der Waals surface area contributed by atoms with Crippen molar-refractivity contribution in [1.82, 2.24) is 10.2 Å². The molecule has 1 unspecified atom stereocenters. The third-order valence-electron chi connectivity index (χ3n) is 2.32. The topological polar surface area (TPSA) is 32.3 Å².